The number of fused-ring (bicyclic) bond motifs is 2. The molecule has 0 spiro atoms. The minimum Gasteiger partial charge on any atom is -0.488 e. The number of ether oxygens (including phenoxy) is 1. The molecule has 0 radical (unpaired) electrons. The fraction of sp³-hybridized carbons (Fsp3) is 0.278. The van der Waals surface area contributed by atoms with Crippen molar-refractivity contribution in [3.05, 3.63) is 64.7 Å². The third-order valence-corrected chi connectivity index (χ3v) is 4.28. The maximum absolute atomic E-state index is 13.8. The number of halogens is 1. The molecule has 2 aliphatic heterocycles. The van der Waals surface area contributed by atoms with Gasteiger partial charge in [-0.2, -0.15) is 0 Å². The van der Waals surface area contributed by atoms with Crippen molar-refractivity contribution < 1.29 is 9.13 Å². The Labute approximate surface area is 128 Å². The third kappa shape index (κ3) is 2.29. The van der Waals surface area contributed by atoms with E-state index in [1.54, 1.807) is 18.3 Å². The van der Waals surface area contributed by atoms with E-state index in [1.165, 1.54) is 11.6 Å². The molecule has 1 aromatic heterocycles. The van der Waals surface area contributed by atoms with Gasteiger partial charge in [-0.15, -0.1) is 0 Å². The summed E-state index contributed by atoms with van der Waals surface area (Å²) in [6.45, 7) is 2.37. The molecular formula is C18H17FN2O. The summed E-state index contributed by atoms with van der Waals surface area (Å²) in [5, 5.41) is 3.37. The summed E-state index contributed by atoms with van der Waals surface area (Å²) in [6, 6.07) is 8.70. The highest BCUT2D eigenvalue weighted by molar-refractivity contribution is 5.85. The van der Waals surface area contributed by atoms with Crippen molar-refractivity contribution in [1.82, 2.24) is 10.3 Å². The second-order valence-corrected chi connectivity index (χ2v) is 5.67. The SMILES string of the molecule is Fc1ccc2c(c1)C(=C1CCNCC1)c1ncccc1CO2. The summed E-state index contributed by atoms with van der Waals surface area (Å²) < 4.78 is 19.7. The van der Waals surface area contributed by atoms with Gasteiger partial charge in [0.15, 0.2) is 0 Å². The Hall–Kier alpha value is -2.20. The van der Waals surface area contributed by atoms with Crippen molar-refractivity contribution in [3.63, 3.8) is 0 Å². The topological polar surface area (TPSA) is 34.2 Å². The third-order valence-electron chi connectivity index (χ3n) is 4.28. The molecule has 1 N–H and O–H groups in total. The number of pyridine rings is 1. The van der Waals surface area contributed by atoms with Gasteiger partial charge in [-0.1, -0.05) is 11.6 Å². The van der Waals surface area contributed by atoms with Crippen LogP contribution in [0.5, 0.6) is 5.75 Å². The molecule has 0 atom stereocenters. The Bertz CT molecular complexity index is 747. The minimum atomic E-state index is -0.242. The first-order chi connectivity index (χ1) is 10.8. The monoisotopic (exact) mass is 296 g/mol. The van der Waals surface area contributed by atoms with Crippen LogP contribution in [0.4, 0.5) is 4.39 Å². The van der Waals surface area contributed by atoms with E-state index in [4.69, 9.17) is 4.74 Å². The molecular weight excluding hydrogens is 279 g/mol. The van der Waals surface area contributed by atoms with Gasteiger partial charge in [-0.05, 0) is 50.2 Å². The van der Waals surface area contributed by atoms with Crippen LogP contribution in [0.25, 0.3) is 5.57 Å². The average Bonchev–Trinajstić information content (AvgIpc) is 2.72. The van der Waals surface area contributed by atoms with E-state index in [0.29, 0.717) is 6.61 Å². The van der Waals surface area contributed by atoms with E-state index in [9.17, 15) is 4.39 Å². The summed E-state index contributed by atoms with van der Waals surface area (Å²) in [6.07, 6.45) is 3.72. The van der Waals surface area contributed by atoms with Crippen LogP contribution in [0.3, 0.4) is 0 Å². The van der Waals surface area contributed by atoms with Gasteiger partial charge in [0.2, 0.25) is 0 Å². The first-order valence-electron chi connectivity index (χ1n) is 7.62. The summed E-state index contributed by atoms with van der Waals surface area (Å²) in [4.78, 5) is 4.58. The lowest BCUT2D eigenvalue weighted by Crippen LogP contribution is -2.24. The summed E-state index contributed by atoms with van der Waals surface area (Å²) in [7, 11) is 0. The van der Waals surface area contributed by atoms with Gasteiger partial charge < -0.3 is 10.1 Å². The van der Waals surface area contributed by atoms with Crippen molar-refractivity contribution >= 4 is 5.57 Å². The zero-order chi connectivity index (χ0) is 14.9. The first kappa shape index (κ1) is 13.5. The molecule has 4 heteroatoms. The fourth-order valence-corrected chi connectivity index (χ4v) is 3.22. The average molecular weight is 296 g/mol. The molecule has 2 aliphatic rings. The van der Waals surface area contributed by atoms with Gasteiger partial charge in [0.1, 0.15) is 18.2 Å². The Morgan fingerprint density at radius 2 is 2.00 bits per heavy atom. The molecule has 3 heterocycles. The van der Waals surface area contributed by atoms with Crippen LogP contribution in [0.15, 0.2) is 42.1 Å². The van der Waals surface area contributed by atoms with Gasteiger partial charge in [-0.3, -0.25) is 4.98 Å². The standard InChI is InChI=1S/C18H17FN2O/c19-14-3-4-16-15(10-14)17(12-5-8-20-9-6-12)18-13(11-22-16)2-1-7-21-18/h1-4,7,10,20H,5-6,8-9,11H2. The van der Waals surface area contributed by atoms with E-state index in [0.717, 1.165) is 54.1 Å². The van der Waals surface area contributed by atoms with Crippen molar-refractivity contribution in [2.75, 3.05) is 13.1 Å². The van der Waals surface area contributed by atoms with Crippen LogP contribution in [-0.4, -0.2) is 18.1 Å². The number of hydrogen-bond acceptors (Lipinski definition) is 3. The van der Waals surface area contributed by atoms with Crippen LogP contribution in [0, 0.1) is 5.82 Å². The number of hydrogen-bond donors (Lipinski definition) is 1. The summed E-state index contributed by atoms with van der Waals surface area (Å²) in [5.41, 5.74) is 5.21. The Kier molecular flexibility index (Phi) is 3.39. The van der Waals surface area contributed by atoms with Gasteiger partial charge >= 0.3 is 0 Å². The quantitative estimate of drug-likeness (QED) is 0.810. The largest absolute Gasteiger partial charge is 0.488 e. The van der Waals surface area contributed by atoms with Gasteiger partial charge in [0.05, 0.1) is 5.69 Å². The van der Waals surface area contributed by atoms with Crippen molar-refractivity contribution in [3.8, 4) is 5.75 Å². The summed E-state index contributed by atoms with van der Waals surface area (Å²) in [5.74, 6) is 0.495. The molecule has 0 aliphatic carbocycles. The highest BCUT2D eigenvalue weighted by atomic mass is 19.1. The smallest absolute Gasteiger partial charge is 0.127 e. The van der Waals surface area contributed by atoms with E-state index < -0.39 is 0 Å². The van der Waals surface area contributed by atoms with Crippen molar-refractivity contribution in [2.24, 2.45) is 0 Å². The first-order valence-corrected chi connectivity index (χ1v) is 7.62. The number of nitrogens with one attached hydrogen (secondary N) is 1. The molecule has 0 bridgehead atoms. The molecule has 1 saturated heterocycles. The highest BCUT2D eigenvalue weighted by Crippen LogP contribution is 2.39. The predicted molar refractivity (Wildman–Crippen MR) is 83.1 cm³/mol. The molecule has 1 fully saturated rings. The maximum Gasteiger partial charge on any atom is 0.127 e. The Morgan fingerprint density at radius 3 is 2.86 bits per heavy atom. The lowest BCUT2D eigenvalue weighted by molar-refractivity contribution is 0.306. The molecule has 2 aromatic rings. The number of nitrogens with zero attached hydrogens (tertiary/aromatic N) is 1. The zero-order valence-electron chi connectivity index (χ0n) is 12.2. The molecule has 112 valence electrons. The summed E-state index contributed by atoms with van der Waals surface area (Å²) >= 11 is 0. The number of benzene rings is 1. The van der Waals surface area contributed by atoms with Crippen molar-refractivity contribution in [1.29, 1.82) is 0 Å². The normalized spacial score (nSPS) is 17.3. The van der Waals surface area contributed by atoms with Crippen LogP contribution in [-0.2, 0) is 6.61 Å². The predicted octanol–water partition coefficient (Wildman–Crippen LogP) is 3.30. The van der Waals surface area contributed by atoms with E-state index in [1.807, 2.05) is 12.1 Å². The lowest BCUT2D eigenvalue weighted by atomic mass is 9.89. The maximum atomic E-state index is 13.8. The van der Waals surface area contributed by atoms with E-state index in [-0.39, 0.29) is 5.82 Å². The Balaban J connectivity index is 1.99. The number of rotatable bonds is 0. The minimum absolute atomic E-state index is 0.242. The molecule has 3 nitrogen and oxygen atoms in total. The lowest BCUT2D eigenvalue weighted by Gasteiger charge is -2.21. The zero-order valence-corrected chi connectivity index (χ0v) is 12.2. The van der Waals surface area contributed by atoms with Crippen LogP contribution in [0.1, 0.15) is 29.7 Å². The van der Waals surface area contributed by atoms with Gasteiger partial charge in [0.25, 0.3) is 0 Å². The molecule has 0 amide bonds. The van der Waals surface area contributed by atoms with Gasteiger partial charge in [0, 0.05) is 22.9 Å². The molecule has 4 rings (SSSR count). The molecule has 22 heavy (non-hydrogen) atoms. The van der Waals surface area contributed by atoms with E-state index >= 15 is 0 Å². The molecule has 0 unspecified atom stereocenters. The highest BCUT2D eigenvalue weighted by Gasteiger charge is 2.24. The van der Waals surface area contributed by atoms with Gasteiger partial charge in [-0.25, -0.2) is 4.39 Å². The Morgan fingerprint density at radius 1 is 1.14 bits per heavy atom. The number of aromatic nitrogens is 1. The number of piperidine rings is 1. The van der Waals surface area contributed by atoms with Crippen LogP contribution in [0.2, 0.25) is 0 Å². The van der Waals surface area contributed by atoms with E-state index in [2.05, 4.69) is 10.3 Å². The second kappa shape index (κ2) is 5.54. The molecule has 0 saturated carbocycles. The van der Waals surface area contributed by atoms with Crippen LogP contribution >= 0.6 is 0 Å². The van der Waals surface area contributed by atoms with Crippen molar-refractivity contribution in [2.45, 2.75) is 19.4 Å². The fourth-order valence-electron chi connectivity index (χ4n) is 3.22. The van der Waals surface area contributed by atoms with Crippen LogP contribution < -0.4 is 10.1 Å². The molecule has 1 aromatic carbocycles. The second-order valence-electron chi connectivity index (χ2n) is 5.67.